The Morgan fingerprint density at radius 2 is 1.95 bits per heavy atom. The van der Waals surface area contributed by atoms with Crippen LogP contribution in [0, 0.1) is 0 Å². The third kappa shape index (κ3) is 3.28. The largest absolute Gasteiger partial charge is 0.504 e. The minimum absolute atomic E-state index is 0.129. The molecule has 6 heteroatoms. The van der Waals surface area contributed by atoms with Gasteiger partial charge in [0.15, 0.2) is 11.5 Å². The highest BCUT2D eigenvalue weighted by atomic mass is 79.9. The van der Waals surface area contributed by atoms with Crippen molar-refractivity contribution in [3.63, 3.8) is 0 Å². The van der Waals surface area contributed by atoms with E-state index in [1.807, 2.05) is 0 Å². The molecule has 110 valence electrons. The summed E-state index contributed by atoms with van der Waals surface area (Å²) in [5.74, 6) is 0.215. The van der Waals surface area contributed by atoms with Crippen molar-refractivity contribution in [1.82, 2.24) is 0 Å². The summed E-state index contributed by atoms with van der Waals surface area (Å²) in [5, 5.41) is 12.7. The minimum atomic E-state index is -0.444. The quantitative estimate of drug-likeness (QED) is 0.885. The molecular weight excluding hydrogens is 338 g/mol. The zero-order valence-electron chi connectivity index (χ0n) is 11.5. The molecule has 0 radical (unpaired) electrons. The van der Waals surface area contributed by atoms with E-state index in [1.54, 1.807) is 37.4 Å². The molecule has 2 aromatic carbocycles. The maximum absolute atomic E-state index is 12.3. The number of ether oxygens (including phenoxy) is 2. The molecular formula is C15H14BrNO4. The lowest BCUT2D eigenvalue weighted by atomic mass is 10.1. The lowest BCUT2D eigenvalue weighted by molar-refractivity contribution is 0.102. The molecule has 0 aromatic heterocycles. The van der Waals surface area contributed by atoms with Crippen LogP contribution in [-0.2, 0) is 0 Å². The van der Waals surface area contributed by atoms with Gasteiger partial charge in [0.25, 0.3) is 5.91 Å². The Labute approximate surface area is 130 Å². The van der Waals surface area contributed by atoms with E-state index >= 15 is 0 Å². The van der Waals surface area contributed by atoms with Crippen LogP contribution in [0.15, 0.2) is 40.9 Å². The van der Waals surface area contributed by atoms with E-state index in [4.69, 9.17) is 9.47 Å². The number of hydrogen-bond donors (Lipinski definition) is 2. The number of halogens is 1. The molecule has 0 aliphatic carbocycles. The number of para-hydroxylation sites is 1. The number of hydrogen-bond acceptors (Lipinski definition) is 4. The van der Waals surface area contributed by atoms with Crippen LogP contribution in [-0.4, -0.2) is 25.2 Å². The summed E-state index contributed by atoms with van der Waals surface area (Å²) in [6.45, 7) is 0. The van der Waals surface area contributed by atoms with Crippen LogP contribution in [0.2, 0.25) is 0 Å². The first kappa shape index (κ1) is 15.2. The molecule has 0 spiro atoms. The molecule has 2 N–H and O–H groups in total. The van der Waals surface area contributed by atoms with Crippen LogP contribution in [0.25, 0.3) is 0 Å². The summed E-state index contributed by atoms with van der Waals surface area (Å²) in [7, 11) is 2.97. The number of phenols is 1. The van der Waals surface area contributed by atoms with Crippen molar-refractivity contribution in [2.75, 3.05) is 19.5 Å². The third-order valence-electron chi connectivity index (χ3n) is 2.89. The van der Waals surface area contributed by atoms with Gasteiger partial charge in [-0.2, -0.15) is 0 Å². The summed E-state index contributed by atoms with van der Waals surface area (Å²) < 4.78 is 10.8. The first-order valence-corrected chi connectivity index (χ1v) is 6.87. The zero-order chi connectivity index (χ0) is 15.4. The third-order valence-corrected chi connectivity index (χ3v) is 3.58. The zero-order valence-corrected chi connectivity index (χ0v) is 13.1. The molecule has 0 heterocycles. The molecule has 0 aliphatic heterocycles. The number of anilines is 1. The SMILES string of the molecule is COc1ccc(Br)c(NC(=O)c2cccc(OC)c2O)c1. The molecule has 0 saturated carbocycles. The molecule has 1 amide bonds. The Morgan fingerprint density at radius 1 is 1.19 bits per heavy atom. The van der Waals surface area contributed by atoms with Crippen molar-refractivity contribution >= 4 is 27.5 Å². The average Bonchev–Trinajstić information content (AvgIpc) is 2.49. The van der Waals surface area contributed by atoms with E-state index in [-0.39, 0.29) is 17.1 Å². The van der Waals surface area contributed by atoms with E-state index in [2.05, 4.69) is 21.2 Å². The molecule has 0 fully saturated rings. The second-order valence-electron chi connectivity index (χ2n) is 4.16. The highest BCUT2D eigenvalue weighted by molar-refractivity contribution is 9.10. The summed E-state index contributed by atoms with van der Waals surface area (Å²) in [6, 6.07) is 9.94. The van der Waals surface area contributed by atoms with Crippen LogP contribution in [0.4, 0.5) is 5.69 Å². The molecule has 2 rings (SSSR count). The van der Waals surface area contributed by atoms with E-state index < -0.39 is 5.91 Å². The van der Waals surface area contributed by atoms with Crippen molar-refractivity contribution in [3.05, 3.63) is 46.4 Å². The van der Waals surface area contributed by atoms with Crippen molar-refractivity contribution in [2.24, 2.45) is 0 Å². The minimum Gasteiger partial charge on any atom is -0.504 e. The molecule has 0 saturated heterocycles. The number of carbonyl (C=O) groups excluding carboxylic acids is 1. The van der Waals surface area contributed by atoms with Crippen molar-refractivity contribution in [3.8, 4) is 17.2 Å². The van der Waals surface area contributed by atoms with Gasteiger partial charge >= 0.3 is 0 Å². The molecule has 2 aromatic rings. The first-order chi connectivity index (χ1) is 10.1. The summed E-state index contributed by atoms with van der Waals surface area (Å²) >= 11 is 3.35. The van der Waals surface area contributed by atoms with Gasteiger partial charge < -0.3 is 19.9 Å². The number of aromatic hydroxyl groups is 1. The Morgan fingerprint density at radius 3 is 2.62 bits per heavy atom. The molecule has 0 bridgehead atoms. The highest BCUT2D eigenvalue weighted by Crippen LogP contribution is 2.31. The van der Waals surface area contributed by atoms with Crippen LogP contribution in [0.3, 0.4) is 0 Å². The fourth-order valence-corrected chi connectivity index (χ4v) is 2.13. The number of benzene rings is 2. The predicted octanol–water partition coefficient (Wildman–Crippen LogP) is 3.42. The van der Waals surface area contributed by atoms with Crippen LogP contribution >= 0.6 is 15.9 Å². The maximum atomic E-state index is 12.3. The van der Waals surface area contributed by atoms with Gasteiger partial charge in [-0.05, 0) is 40.2 Å². The highest BCUT2D eigenvalue weighted by Gasteiger charge is 2.16. The number of phenolic OH excluding ortho intramolecular Hbond substituents is 1. The van der Waals surface area contributed by atoms with E-state index in [0.29, 0.717) is 15.9 Å². The molecule has 5 nitrogen and oxygen atoms in total. The van der Waals surface area contributed by atoms with Crippen LogP contribution in [0.1, 0.15) is 10.4 Å². The fraction of sp³-hybridized carbons (Fsp3) is 0.133. The Hall–Kier alpha value is -2.21. The second-order valence-corrected chi connectivity index (χ2v) is 5.01. The number of methoxy groups -OCH3 is 2. The van der Waals surface area contributed by atoms with Crippen molar-refractivity contribution in [1.29, 1.82) is 0 Å². The Balaban J connectivity index is 2.30. The summed E-state index contributed by atoms with van der Waals surface area (Å²) in [4.78, 5) is 12.3. The number of amides is 1. The topological polar surface area (TPSA) is 67.8 Å². The van der Waals surface area contributed by atoms with E-state index in [9.17, 15) is 9.90 Å². The van der Waals surface area contributed by atoms with E-state index in [0.717, 1.165) is 0 Å². The average molecular weight is 352 g/mol. The number of carbonyl (C=O) groups is 1. The van der Waals surface area contributed by atoms with Gasteiger partial charge in [0, 0.05) is 10.5 Å². The lowest BCUT2D eigenvalue weighted by Gasteiger charge is -2.11. The lowest BCUT2D eigenvalue weighted by Crippen LogP contribution is -2.12. The van der Waals surface area contributed by atoms with Gasteiger partial charge in [-0.15, -0.1) is 0 Å². The molecule has 0 unspecified atom stereocenters. The van der Waals surface area contributed by atoms with Gasteiger partial charge in [-0.1, -0.05) is 6.07 Å². The standard InChI is InChI=1S/C15H14BrNO4/c1-20-9-6-7-11(16)12(8-9)17-15(19)10-4-3-5-13(21-2)14(10)18/h3-8,18H,1-2H3,(H,17,19). The normalized spacial score (nSPS) is 10.0. The van der Waals surface area contributed by atoms with Gasteiger partial charge in [-0.3, -0.25) is 4.79 Å². The van der Waals surface area contributed by atoms with Gasteiger partial charge in [0.05, 0.1) is 25.5 Å². The Kier molecular flexibility index (Phi) is 4.70. The summed E-state index contributed by atoms with van der Waals surface area (Å²) in [5.41, 5.74) is 0.672. The summed E-state index contributed by atoms with van der Waals surface area (Å²) in [6.07, 6.45) is 0. The maximum Gasteiger partial charge on any atom is 0.259 e. The molecule has 21 heavy (non-hydrogen) atoms. The van der Waals surface area contributed by atoms with Crippen LogP contribution in [0.5, 0.6) is 17.2 Å². The molecule has 0 atom stereocenters. The van der Waals surface area contributed by atoms with Gasteiger partial charge in [0.1, 0.15) is 5.75 Å². The van der Waals surface area contributed by atoms with Gasteiger partial charge in [0.2, 0.25) is 0 Å². The Bertz CT molecular complexity index is 673. The predicted molar refractivity (Wildman–Crippen MR) is 83.3 cm³/mol. The van der Waals surface area contributed by atoms with Crippen molar-refractivity contribution in [2.45, 2.75) is 0 Å². The first-order valence-electron chi connectivity index (χ1n) is 6.07. The van der Waals surface area contributed by atoms with Gasteiger partial charge in [-0.25, -0.2) is 0 Å². The smallest absolute Gasteiger partial charge is 0.259 e. The molecule has 0 aliphatic rings. The second kappa shape index (κ2) is 6.49. The van der Waals surface area contributed by atoms with E-state index in [1.165, 1.54) is 13.2 Å². The fourth-order valence-electron chi connectivity index (χ4n) is 1.79. The van der Waals surface area contributed by atoms with Crippen LogP contribution < -0.4 is 14.8 Å². The van der Waals surface area contributed by atoms with Crippen molar-refractivity contribution < 1.29 is 19.4 Å². The number of rotatable bonds is 4. The monoisotopic (exact) mass is 351 g/mol. The number of nitrogens with one attached hydrogen (secondary N) is 1.